The van der Waals surface area contributed by atoms with Crippen molar-refractivity contribution in [3.8, 4) is 5.75 Å². The Labute approximate surface area is 98.1 Å². The average Bonchev–Trinajstić information content (AvgIpc) is 2.64. The number of hydrogen-bond donors (Lipinski definition) is 2. The van der Waals surface area contributed by atoms with E-state index in [0.29, 0.717) is 13.0 Å². The number of phenols is 1. The largest absolute Gasteiger partial charge is 0.508 e. The van der Waals surface area contributed by atoms with Gasteiger partial charge in [0, 0.05) is 23.1 Å². The number of aliphatic carboxylic acids is 1. The summed E-state index contributed by atoms with van der Waals surface area (Å²) >= 11 is 0. The van der Waals surface area contributed by atoms with Crippen LogP contribution in [0.15, 0.2) is 24.3 Å². The van der Waals surface area contributed by atoms with E-state index in [1.165, 1.54) is 0 Å². The molecule has 0 spiro atoms. The molecule has 0 amide bonds. The second kappa shape index (κ2) is 3.52. The number of carboxylic acid groups (broad SMARTS) is 1. The molecule has 1 unspecified atom stereocenters. The summed E-state index contributed by atoms with van der Waals surface area (Å²) in [5.41, 5.74) is 2.16. The van der Waals surface area contributed by atoms with Crippen LogP contribution in [-0.4, -0.2) is 20.7 Å². The predicted molar refractivity (Wildman–Crippen MR) is 63.0 cm³/mol. The zero-order valence-electron chi connectivity index (χ0n) is 9.26. The fraction of sp³-hybridized carbons (Fsp3) is 0.308. The molecule has 88 valence electrons. The van der Waals surface area contributed by atoms with Crippen LogP contribution in [0.2, 0.25) is 0 Å². The van der Waals surface area contributed by atoms with Crippen LogP contribution in [0.3, 0.4) is 0 Å². The molecule has 0 saturated carbocycles. The van der Waals surface area contributed by atoms with E-state index >= 15 is 0 Å². The van der Waals surface area contributed by atoms with Crippen LogP contribution in [0.25, 0.3) is 10.9 Å². The lowest BCUT2D eigenvalue weighted by Gasteiger charge is -2.22. The molecule has 17 heavy (non-hydrogen) atoms. The maximum Gasteiger partial charge on any atom is 0.308 e. The SMILES string of the molecule is O=C(O)C1CCc2cc3cc(O)ccc3n2C1. The molecule has 4 heteroatoms. The van der Waals surface area contributed by atoms with Crippen LogP contribution in [0.1, 0.15) is 12.1 Å². The third-order valence-electron chi connectivity index (χ3n) is 3.47. The number of carbonyl (C=O) groups is 1. The van der Waals surface area contributed by atoms with Crippen molar-refractivity contribution in [3.63, 3.8) is 0 Å². The number of nitrogens with zero attached hydrogens (tertiary/aromatic N) is 1. The highest BCUT2D eigenvalue weighted by Crippen LogP contribution is 2.29. The summed E-state index contributed by atoms with van der Waals surface area (Å²) in [6, 6.07) is 7.24. The monoisotopic (exact) mass is 231 g/mol. The molecule has 2 N–H and O–H groups in total. The van der Waals surface area contributed by atoms with Crippen molar-refractivity contribution in [1.82, 2.24) is 4.57 Å². The van der Waals surface area contributed by atoms with Gasteiger partial charge >= 0.3 is 5.97 Å². The number of phenolic OH excluding ortho intramolecular Hbond substituents is 1. The Morgan fingerprint density at radius 1 is 1.35 bits per heavy atom. The summed E-state index contributed by atoms with van der Waals surface area (Å²) in [5, 5.41) is 19.5. The first kappa shape index (κ1) is 10.2. The van der Waals surface area contributed by atoms with E-state index in [9.17, 15) is 9.90 Å². The Morgan fingerprint density at radius 3 is 2.94 bits per heavy atom. The summed E-state index contributed by atoms with van der Waals surface area (Å²) in [5.74, 6) is -0.779. The highest BCUT2D eigenvalue weighted by molar-refractivity contribution is 5.83. The fourth-order valence-electron chi connectivity index (χ4n) is 2.57. The lowest BCUT2D eigenvalue weighted by molar-refractivity contribution is -0.142. The molecule has 0 aliphatic carbocycles. The van der Waals surface area contributed by atoms with Crippen molar-refractivity contribution in [2.24, 2.45) is 5.92 Å². The lowest BCUT2D eigenvalue weighted by Crippen LogP contribution is -2.26. The molecule has 0 saturated heterocycles. The minimum Gasteiger partial charge on any atom is -0.508 e. The van der Waals surface area contributed by atoms with Gasteiger partial charge in [-0.15, -0.1) is 0 Å². The number of fused-ring (bicyclic) bond motifs is 3. The van der Waals surface area contributed by atoms with E-state index in [0.717, 1.165) is 23.0 Å². The van der Waals surface area contributed by atoms with Crippen LogP contribution in [-0.2, 0) is 17.8 Å². The standard InChI is InChI=1S/C13H13NO3/c15-11-3-4-12-9(6-11)5-10-2-1-8(13(16)17)7-14(10)12/h3-6,8,15H,1-2,7H2,(H,16,17). The number of benzene rings is 1. The molecule has 3 rings (SSSR count). The van der Waals surface area contributed by atoms with Crippen molar-refractivity contribution in [2.45, 2.75) is 19.4 Å². The first-order valence-corrected chi connectivity index (χ1v) is 5.69. The third kappa shape index (κ3) is 1.56. The van der Waals surface area contributed by atoms with Gasteiger partial charge in [0.1, 0.15) is 5.75 Å². The van der Waals surface area contributed by atoms with E-state index in [-0.39, 0.29) is 11.7 Å². The number of hydrogen-bond acceptors (Lipinski definition) is 2. The molecular formula is C13H13NO3. The summed E-state index contributed by atoms with van der Waals surface area (Å²) in [4.78, 5) is 11.0. The van der Waals surface area contributed by atoms with E-state index in [1.54, 1.807) is 12.1 Å². The van der Waals surface area contributed by atoms with E-state index < -0.39 is 5.97 Å². The molecule has 1 aliphatic rings. The summed E-state index contributed by atoms with van der Waals surface area (Å²) in [6.07, 6.45) is 1.48. The normalized spacial score (nSPS) is 19.2. The van der Waals surface area contributed by atoms with Crippen LogP contribution in [0.5, 0.6) is 5.75 Å². The number of aryl methyl sites for hydroxylation is 1. The Bertz CT molecular complexity index is 600. The number of aromatic nitrogens is 1. The van der Waals surface area contributed by atoms with Crippen LogP contribution in [0, 0.1) is 5.92 Å². The molecule has 0 bridgehead atoms. The molecule has 1 aliphatic heterocycles. The van der Waals surface area contributed by atoms with Gasteiger partial charge in [-0.25, -0.2) is 0 Å². The van der Waals surface area contributed by atoms with Crippen molar-refractivity contribution in [2.75, 3.05) is 0 Å². The second-order valence-corrected chi connectivity index (χ2v) is 4.56. The van der Waals surface area contributed by atoms with Gasteiger partial charge in [0.05, 0.1) is 5.92 Å². The number of rotatable bonds is 1. The van der Waals surface area contributed by atoms with Crippen molar-refractivity contribution in [3.05, 3.63) is 30.0 Å². The van der Waals surface area contributed by atoms with Gasteiger partial charge in [0.2, 0.25) is 0 Å². The Morgan fingerprint density at radius 2 is 2.18 bits per heavy atom. The van der Waals surface area contributed by atoms with Crippen LogP contribution < -0.4 is 0 Å². The fourth-order valence-corrected chi connectivity index (χ4v) is 2.57. The summed E-state index contributed by atoms with van der Waals surface area (Å²) in [7, 11) is 0. The van der Waals surface area contributed by atoms with E-state index in [2.05, 4.69) is 4.57 Å². The lowest BCUT2D eigenvalue weighted by atomic mass is 9.98. The average molecular weight is 231 g/mol. The minimum absolute atomic E-state index is 0.246. The third-order valence-corrected chi connectivity index (χ3v) is 3.47. The topological polar surface area (TPSA) is 62.5 Å². The molecule has 4 nitrogen and oxygen atoms in total. The zero-order valence-corrected chi connectivity index (χ0v) is 9.26. The number of aromatic hydroxyl groups is 1. The van der Waals surface area contributed by atoms with Gasteiger partial charge in [-0.1, -0.05) is 0 Å². The quantitative estimate of drug-likeness (QED) is 0.789. The van der Waals surface area contributed by atoms with Gasteiger partial charge in [0.25, 0.3) is 0 Å². The first-order valence-electron chi connectivity index (χ1n) is 5.69. The Hall–Kier alpha value is -1.97. The van der Waals surface area contributed by atoms with Crippen molar-refractivity contribution < 1.29 is 15.0 Å². The van der Waals surface area contributed by atoms with Gasteiger partial charge in [-0.2, -0.15) is 0 Å². The summed E-state index contributed by atoms with van der Waals surface area (Å²) in [6.45, 7) is 0.527. The first-order chi connectivity index (χ1) is 8.15. The predicted octanol–water partition coefficient (Wildman–Crippen LogP) is 1.99. The van der Waals surface area contributed by atoms with E-state index in [1.807, 2.05) is 12.1 Å². The molecule has 2 aromatic rings. The molecule has 2 heterocycles. The van der Waals surface area contributed by atoms with Crippen LogP contribution in [0.4, 0.5) is 0 Å². The number of carboxylic acids is 1. The second-order valence-electron chi connectivity index (χ2n) is 4.56. The molecule has 1 aromatic carbocycles. The van der Waals surface area contributed by atoms with E-state index in [4.69, 9.17) is 5.11 Å². The maximum absolute atomic E-state index is 11.0. The minimum atomic E-state index is -0.726. The van der Waals surface area contributed by atoms with Crippen molar-refractivity contribution in [1.29, 1.82) is 0 Å². The molecular weight excluding hydrogens is 218 g/mol. The van der Waals surface area contributed by atoms with Gasteiger partial charge in [-0.05, 0) is 37.1 Å². The highest BCUT2D eigenvalue weighted by atomic mass is 16.4. The Balaban J connectivity index is 2.12. The highest BCUT2D eigenvalue weighted by Gasteiger charge is 2.25. The molecule has 0 fully saturated rings. The van der Waals surface area contributed by atoms with Gasteiger partial charge < -0.3 is 14.8 Å². The zero-order chi connectivity index (χ0) is 12.0. The summed E-state index contributed by atoms with van der Waals surface area (Å²) < 4.78 is 2.05. The van der Waals surface area contributed by atoms with Crippen LogP contribution >= 0.6 is 0 Å². The van der Waals surface area contributed by atoms with Gasteiger partial charge in [0.15, 0.2) is 0 Å². The maximum atomic E-state index is 11.0. The molecule has 0 radical (unpaired) electrons. The smallest absolute Gasteiger partial charge is 0.308 e. The molecule has 1 atom stereocenters. The molecule has 1 aromatic heterocycles. The van der Waals surface area contributed by atoms with Gasteiger partial charge in [-0.3, -0.25) is 4.79 Å². The Kier molecular flexibility index (Phi) is 2.11. The van der Waals surface area contributed by atoms with Crippen molar-refractivity contribution >= 4 is 16.9 Å².